The van der Waals surface area contributed by atoms with Crippen LogP contribution in [-0.4, -0.2) is 46.1 Å². The molecule has 0 bridgehead atoms. The molecule has 0 unspecified atom stereocenters. The van der Waals surface area contributed by atoms with Gasteiger partial charge in [-0.3, -0.25) is 33.7 Å². The van der Waals surface area contributed by atoms with Crippen molar-refractivity contribution in [3.8, 4) is 0 Å². The van der Waals surface area contributed by atoms with Gasteiger partial charge >= 0.3 is 5.69 Å². The third kappa shape index (κ3) is 4.20. The summed E-state index contributed by atoms with van der Waals surface area (Å²) in [5.41, 5.74) is 0.995. The zero-order valence-corrected chi connectivity index (χ0v) is 15.1. The molecular weight excluding hydrogens is 370 g/mol. The number of amides is 2. The van der Waals surface area contributed by atoms with Crippen LogP contribution in [0, 0.1) is 10.1 Å². The molecule has 2 N–H and O–H groups in total. The summed E-state index contributed by atoms with van der Waals surface area (Å²) in [6, 6.07) is 0. The van der Waals surface area contributed by atoms with Crippen LogP contribution >= 0.6 is 0 Å². The van der Waals surface area contributed by atoms with Crippen molar-refractivity contribution in [2.45, 2.75) is 13.1 Å². The third-order valence-electron chi connectivity index (χ3n) is 3.78. The van der Waals surface area contributed by atoms with Crippen LogP contribution in [0.4, 0.5) is 11.4 Å². The lowest BCUT2D eigenvalue weighted by Gasteiger charge is -2.08. The molecule has 3 aromatic rings. The Kier molecular flexibility index (Phi) is 5.15. The quantitative estimate of drug-likeness (QED) is 0.421. The second-order valence-electron chi connectivity index (χ2n) is 5.94. The lowest BCUT2D eigenvalue weighted by atomic mass is 10.3. The minimum atomic E-state index is -0.604. The number of rotatable bonds is 7. The normalized spacial score (nSPS) is 10.6. The Labute approximate surface area is 158 Å². The van der Waals surface area contributed by atoms with Crippen LogP contribution in [0.5, 0.6) is 0 Å². The molecule has 28 heavy (non-hydrogen) atoms. The van der Waals surface area contributed by atoms with E-state index in [0.717, 1.165) is 22.6 Å². The number of carbonyl (C=O) groups excluding carboxylic acids is 2. The zero-order valence-electron chi connectivity index (χ0n) is 15.1. The summed E-state index contributed by atoms with van der Waals surface area (Å²) in [6.45, 7) is 0.0155. The summed E-state index contributed by atoms with van der Waals surface area (Å²) in [4.78, 5) is 34.8. The topological polar surface area (TPSA) is 155 Å². The number of anilines is 1. The molecule has 0 saturated carbocycles. The van der Waals surface area contributed by atoms with E-state index in [4.69, 9.17) is 0 Å². The van der Waals surface area contributed by atoms with Gasteiger partial charge in [-0.05, 0) is 0 Å². The first-order valence-electron chi connectivity index (χ1n) is 8.08. The standard InChI is InChI=1S/C15H17N9O4/c1-21-7-10(4-17-21)3-16-15(26)14-12(6-18-22(14)2)20-13(25)9-23-8-11(5-19-23)24(27)28/h4-8H,3,9H2,1-2H3,(H,16,26)(H,20,25). The molecule has 3 rings (SSSR count). The Morgan fingerprint density at radius 1 is 1.14 bits per heavy atom. The minimum Gasteiger partial charge on any atom is -0.346 e. The Morgan fingerprint density at radius 2 is 1.93 bits per heavy atom. The van der Waals surface area contributed by atoms with Crippen molar-refractivity contribution in [3.63, 3.8) is 0 Å². The van der Waals surface area contributed by atoms with Crippen molar-refractivity contribution < 1.29 is 14.5 Å². The van der Waals surface area contributed by atoms with Crippen LogP contribution in [0.2, 0.25) is 0 Å². The Hall–Kier alpha value is -4.03. The molecule has 3 aromatic heterocycles. The Morgan fingerprint density at radius 3 is 2.57 bits per heavy atom. The van der Waals surface area contributed by atoms with Gasteiger partial charge in [0.25, 0.3) is 5.91 Å². The van der Waals surface area contributed by atoms with Gasteiger partial charge in [-0.2, -0.15) is 15.3 Å². The van der Waals surface area contributed by atoms with Gasteiger partial charge in [0.2, 0.25) is 5.91 Å². The average Bonchev–Trinajstić information content (AvgIpc) is 3.34. The van der Waals surface area contributed by atoms with Gasteiger partial charge in [-0.15, -0.1) is 0 Å². The fourth-order valence-electron chi connectivity index (χ4n) is 2.50. The first-order valence-corrected chi connectivity index (χ1v) is 8.08. The molecule has 0 radical (unpaired) electrons. The molecule has 13 nitrogen and oxygen atoms in total. The summed E-state index contributed by atoms with van der Waals surface area (Å²) in [5, 5.41) is 27.8. The second-order valence-corrected chi connectivity index (χ2v) is 5.94. The lowest BCUT2D eigenvalue weighted by Crippen LogP contribution is -2.27. The summed E-state index contributed by atoms with van der Waals surface area (Å²) >= 11 is 0. The number of hydrogen-bond donors (Lipinski definition) is 2. The maximum Gasteiger partial charge on any atom is 0.307 e. The fraction of sp³-hybridized carbons (Fsp3) is 0.267. The number of nitro groups is 1. The SMILES string of the molecule is Cn1cc(CNC(=O)c2c(NC(=O)Cn3cc([N+](=O)[O-])cn3)cnn2C)cn1. The number of nitrogens with one attached hydrogen (secondary N) is 2. The summed E-state index contributed by atoms with van der Waals surface area (Å²) in [6.07, 6.45) is 6.95. The first-order chi connectivity index (χ1) is 13.3. The van der Waals surface area contributed by atoms with Gasteiger partial charge in [0.15, 0.2) is 0 Å². The molecule has 0 spiro atoms. The molecule has 13 heteroatoms. The molecule has 0 aliphatic rings. The van der Waals surface area contributed by atoms with Crippen molar-refractivity contribution in [3.05, 3.63) is 52.4 Å². The number of hydrogen-bond acceptors (Lipinski definition) is 7. The molecule has 146 valence electrons. The van der Waals surface area contributed by atoms with Crippen molar-refractivity contribution in [1.82, 2.24) is 34.7 Å². The highest BCUT2D eigenvalue weighted by atomic mass is 16.6. The van der Waals surface area contributed by atoms with E-state index in [1.54, 1.807) is 31.2 Å². The van der Waals surface area contributed by atoms with Crippen molar-refractivity contribution in [2.24, 2.45) is 14.1 Å². The van der Waals surface area contributed by atoms with Gasteiger partial charge < -0.3 is 10.6 Å². The average molecular weight is 387 g/mol. The van der Waals surface area contributed by atoms with Crippen molar-refractivity contribution in [2.75, 3.05) is 5.32 Å². The van der Waals surface area contributed by atoms with E-state index in [1.165, 1.54) is 10.9 Å². The van der Waals surface area contributed by atoms with Crippen LogP contribution in [0.25, 0.3) is 0 Å². The van der Waals surface area contributed by atoms with E-state index in [-0.39, 0.29) is 30.2 Å². The second kappa shape index (κ2) is 7.69. The van der Waals surface area contributed by atoms with E-state index in [9.17, 15) is 19.7 Å². The van der Waals surface area contributed by atoms with Crippen LogP contribution in [0.3, 0.4) is 0 Å². The van der Waals surface area contributed by atoms with Crippen LogP contribution in [0.1, 0.15) is 16.1 Å². The van der Waals surface area contributed by atoms with Crippen LogP contribution < -0.4 is 10.6 Å². The van der Waals surface area contributed by atoms with Gasteiger partial charge in [0, 0.05) is 32.4 Å². The van der Waals surface area contributed by atoms with Crippen LogP contribution in [-0.2, 0) is 32.0 Å². The van der Waals surface area contributed by atoms with Gasteiger partial charge in [-0.1, -0.05) is 0 Å². The van der Waals surface area contributed by atoms with Gasteiger partial charge in [0.05, 0.1) is 23.0 Å². The molecule has 2 amide bonds. The highest BCUT2D eigenvalue weighted by Crippen LogP contribution is 2.15. The van der Waals surface area contributed by atoms with Crippen molar-refractivity contribution >= 4 is 23.2 Å². The first kappa shape index (κ1) is 18.8. The molecule has 3 heterocycles. The molecule has 0 saturated heterocycles. The van der Waals surface area contributed by atoms with E-state index in [1.807, 2.05) is 0 Å². The third-order valence-corrected chi connectivity index (χ3v) is 3.78. The van der Waals surface area contributed by atoms with E-state index < -0.39 is 16.7 Å². The molecule has 0 aromatic carbocycles. The van der Waals surface area contributed by atoms with Crippen molar-refractivity contribution in [1.29, 1.82) is 0 Å². The van der Waals surface area contributed by atoms with Crippen LogP contribution in [0.15, 0.2) is 31.0 Å². The molecule has 0 atom stereocenters. The summed E-state index contributed by atoms with van der Waals surface area (Å²) in [5.74, 6) is -0.929. The monoisotopic (exact) mass is 387 g/mol. The van der Waals surface area contributed by atoms with E-state index in [2.05, 4.69) is 25.9 Å². The fourth-order valence-corrected chi connectivity index (χ4v) is 2.50. The largest absolute Gasteiger partial charge is 0.346 e. The Bertz CT molecular complexity index is 1030. The minimum absolute atomic E-state index is 0.170. The highest BCUT2D eigenvalue weighted by molar-refractivity contribution is 6.02. The number of aromatic nitrogens is 6. The number of aryl methyl sites for hydroxylation is 2. The molecule has 0 aliphatic carbocycles. The van der Waals surface area contributed by atoms with E-state index >= 15 is 0 Å². The summed E-state index contributed by atoms with van der Waals surface area (Å²) in [7, 11) is 3.35. The van der Waals surface area contributed by atoms with E-state index in [0.29, 0.717) is 0 Å². The predicted octanol–water partition coefficient (Wildman–Crippen LogP) is -0.173. The van der Waals surface area contributed by atoms with Gasteiger partial charge in [0.1, 0.15) is 24.6 Å². The number of nitrogens with zero attached hydrogens (tertiary/aromatic N) is 7. The molecular formula is C15H17N9O4. The lowest BCUT2D eigenvalue weighted by molar-refractivity contribution is -0.385. The van der Waals surface area contributed by atoms with Gasteiger partial charge in [-0.25, -0.2) is 0 Å². The smallest absolute Gasteiger partial charge is 0.307 e. The number of carbonyl (C=O) groups is 2. The molecule has 0 aliphatic heterocycles. The molecule has 0 fully saturated rings. The zero-order chi connectivity index (χ0) is 20.3. The Balaban J connectivity index is 1.64. The summed E-state index contributed by atoms with van der Waals surface area (Å²) < 4.78 is 4.09. The maximum absolute atomic E-state index is 12.5. The maximum atomic E-state index is 12.5. The highest BCUT2D eigenvalue weighted by Gasteiger charge is 2.19. The predicted molar refractivity (Wildman–Crippen MR) is 95.1 cm³/mol.